The van der Waals surface area contributed by atoms with E-state index in [4.69, 9.17) is 9.47 Å². The quantitative estimate of drug-likeness (QED) is 0.814. The van der Waals surface area contributed by atoms with Crippen LogP contribution >= 0.6 is 0 Å². The third-order valence-corrected chi connectivity index (χ3v) is 3.45. The smallest absolute Gasteiger partial charge is 0.258 e. The average Bonchev–Trinajstić information content (AvgIpc) is 2.58. The Labute approximate surface area is 137 Å². The molecule has 0 heterocycles. The highest BCUT2D eigenvalue weighted by Gasteiger charge is 2.06. The first-order valence-corrected chi connectivity index (χ1v) is 7.79. The van der Waals surface area contributed by atoms with Crippen molar-refractivity contribution in [3.63, 3.8) is 0 Å². The molecule has 2 rings (SSSR count). The molecule has 0 aromatic heterocycles. The van der Waals surface area contributed by atoms with Gasteiger partial charge in [0.15, 0.2) is 6.61 Å². The molecule has 0 radical (unpaired) electrons. The highest BCUT2D eigenvalue weighted by Crippen LogP contribution is 2.12. The molecule has 2 aromatic carbocycles. The van der Waals surface area contributed by atoms with Crippen molar-refractivity contribution in [2.24, 2.45) is 0 Å². The van der Waals surface area contributed by atoms with Gasteiger partial charge in [0.05, 0.1) is 6.61 Å². The first-order chi connectivity index (χ1) is 11.2. The van der Waals surface area contributed by atoms with Crippen LogP contribution in [0.3, 0.4) is 0 Å². The predicted octanol–water partition coefficient (Wildman–Crippen LogP) is 3.23. The highest BCUT2D eigenvalue weighted by atomic mass is 16.5. The second kappa shape index (κ2) is 8.96. The number of aryl methyl sites for hydroxylation is 1. The molecule has 0 aliphatic heterocycles. The Hall–Kier alpha value is -2.33. The summed E-state index contributed by atoms with van der Waals surface area (Å²) in [5, 5.41) is 2.88. The topological polar surface area (TPSA) is 47.6 Å². The predicted molar refractivity (Wildman–Crippen MR) is 90.3 cm³/mol. The standard InChI is InChI=1S/C19H23NO3/c1-3-22-13-17-7-5-4-6-16(17)12-20-19(21)14-23-18-10-8-15(2)9-11-18/h4-11H,3,12-14H2,1-2H3,(H,20,21). The summed E-state index contributed by atoms with van der Waals surface area (Å²) in [6.07, 6.45) is 0. The second-order valence-corrected chi connectivity index (χ2v) is 5.28. The van der Waals surface area contributed by atoms with Gasteiger partial charge in [0.25, 0.3) is 5.91 Å². The van der Waals surface area contributed by atoms with Gasteiger partial charge in [-0.2, -0.15) is 0 Å². The fraction of sp³-hybridized carbons (Fsp3) is 0.316. The van der Waals surface area contributed by atoms with Gasteiger partial charge in [-0.05, 0) is 37.1 Å². The van der Waals surface area contributed by atoms with Crippen molar-refractivity contribution in [2.75, 3.05) is 13.2 Å². The number of carbonyl (C=O) groups is 1. The Balaban J connectivity index is 1.81. The molecule has 1 N–H and O–H groups in total. The summed E-state index contributed by atoms with van der Waals surface area (Å²) in [4.78, 5) is 11.9. The Morgan fingerprint density at radius 1 is 1.04 bits per heavy atom. The molecule has 4 nitrogen and oxygen atoms in total. The number of nitrogens with one attached hydrogen (secondary N) is 1. The van der Waals surface area contributed by atoms with Gasteiger partial charge in [0.1, 0.15) is 5.75 Å². The molecule has 0 aliphatic carbocycles. The number of hydrogen-bond acceptors (Lipinski definition) is 3. The first kappa shape index (κ1) is 17.0. The van der Waals surface area contributed by atoms with Gasteiger partial charge in [0, 0.05) is 13.2 Å². The summed E-state index contributed by atoms with van der Waals surface area (Å²) < 4.78 is 10.9. The van der Waals surface area contributed by atoms with Crippen LogP contribution in [0, 0.1) is 6.92 Å². The molecule has 0 atom stereocenters. The molecular weight excluding hydrogens is 290 g/mol. The van der Waals surface area contributed by atoms with E-state index >= 15 is 0 Å². The molecule has 23 heavy (non-hydrogen) atoms. The molecule has 0 fully saturated rings. The molecule has 0 saturated carbocycles. The number of amides is 1. The fourth-order valence-corrected chi connectivity index (χ4v) is 2.11. The van der Waals surface area contributed by atoms with Crippen molar-refractivity contribution >= 4 is 5.91 Å². The van der Waals surface area contributed by atoms with Crippen molar-refractivity contribution in [2.45, 2.75) is 27.0 Å². The first-order valence-electron chi connectivity index (χ1n) is 7.79. The van der Waals surface area contributed by atoms with E-state index in [-0.39, 0.29) is 12.5 Å². The van der Waals surface area contributed by atoms with E-state index in [1.54, 1.807) is 0 Å². The molecule has 0 saturated heterocycles. The van der Waals surface area contributed by atoms with Crippen molar-refractivity contribution in [3.8, 4) is 5.75 Å². The van der Waals surface area contributed by atoms with Crippen LogP contribution in [0.5, 0.6) is 5.75 Å². The van der Waals surface area contributed by atoms with Crippen LogP contribution in [0.4, 0.5) is 0 Å². The zero-order chi connectivity index (χ0) is 16.5. The minimum atomic E-state index is -0.142. The lowest BCUT2D eigenvalue weighted by Gasteiger charge is -2.11. The molecule has 2 aromatic rings. The maximum atomic E-state index is 11.9. The second-order valence-electron chi connectivity index (χ2n) is 5.28. The Morgan fingerprint density at radius 2 is 1.74 bits per heavy atom. The van der Waals surface area contributed by atoms with Gasteiger partial charge in [-0.3, -0.25) is 4.79 Å². The van der Waals surface area contributed by atoms with Gasteiger partial charge in [-0.1, -0.05) is 42.0 Å². The van der Waals surface area contributed by atoms with E-state index < -0.39 is 0 Å². The summed E-state index contributed by atoms with van der Waals surface area (Å²) in [5.74, 6) is 0.555. The molecule has 0 aliphatic rings. The summed E-state index contributed by atoms with van der Waals surface area (Å²) in [7, 11) is 0. The van der Waals surface area contributed by atoms with Crippen molar-refractivity contribution in [1.29, 1.82) is 0 Å². The molecule has 1 amide bonds. The van der Waals surface area contributed by atoms with Crippen LogP contribution in [0.25, 0.3) is 0 Å². The Morgan fingerprint density at radius 3 is 2.43 bits per heavy atom. The third-order valence-electron chi connectivity index (χ3n) is 3.45. The minimum absolute atomic E-state index is 0.0106. The molecule has 0 bridgehead atoms. The fourth-order valence-electron chi connectivity index (χ4n) is 2.11. The maximum absolute atomic E-state index is 11.9. The molecule has 122 valence electrons. The van der Waals surface area contributed by atoms with Gasteiger partial charge in [-0.25, -0.2) is 0 Å². The summed E-state index contributed by atoms with van der Waals surface area (Å²) >= 11 is 0. The monoisotopic (exact) mass is 313 g/mol. The minimum Gasteiger partial charge on any atom is -0.484 e. The van der Waals surface area contributed by atoms with Crippen LogP contribution < -0.4 is 10.1 Å². The number of ether oxygens (including phenoxy) is 2. The van der Waals surface area contributed by atoms with Crippen LogP contribution in [-0.4, -0.2) is 19.1 Å². The van der Waals surface area contributed by atoms with Gasteiger partial charge in [-0.15, -0.1) is 0 Å². The lowest BCUT2D eigenvalue weighted by atomic mass is 10.1. The van der Waals surface area contributed by atoms with Crippen molar-refractivity contribution in [1.82, 2.24) is 5.32 Å². The van der Waals surface area contributed by atoms with E-state index in [1.807, 2.05) is 62.4 Å². The van der Waals surface area contributed by atoms with Gasteiger partial charge < -0.3 is 14.8 Å². The molecule has 0 spiro atoms. The highest BCUT2D eigenvalue weighted by molar-refractivity contribution is 5.77. The van der Waals surface area contributed by atoms with E-state index in [9.17, 15) is 4.79 Å². The molecular formula is C19H23NO3. The normalized spacial score (nSPS) is 10.3. The lowest BCUT2D eigenvalue weighted by molar-refractivity contribution is -0.123. The van der Waals surface area contributed by atoms with Gasteiger partial charge in [0.2, 0.25) is 0 Å². The number of hydrogen-bond donors (Lipinski definition) is 1. The van der Waals surface area contributed by atoms with E-state index in [0.29, 0.717) is 25.5 Å². The summed E-state index contributed by atoms with van der Waals surface area (Å²) in [6, 6.07) is 15.6. The van der Waals surface area contributed by atoms with Crippen LogP contribution in [0.15, 0.2) is 48.5 Å². The zero-order valence-electron chi connectivity index (χ0n) is 13.7. The Kier molecular flexibility index (Phi) is 6.63. The SMILES string of the molecule is CCOCc1ccccc1CNC(=O)COc1ccc(C)cc1. The number of carbonyl (C=O) groups excluding carboxylic acids is 1. The average molecular weight is 313 g/mol. The largest absolute Gasteiger partial charge is 0.484 e. The van der Waals surface area contributed by atoms with Crippen molar-refractivity contribution in [3.05, 3.63) is 65.2 Å². The van der Waals surface area contributed by atoms with Crippen LogP contribution in [0.2, 0.25) is 0 Å². The number of benzene rings is 2. The zero-order valence-corrected chi connectivity index (χ0v) is 13.7. The van der Waals surface area contributed by atoms with E-state index in [1.165, 1.54) is 0 Å². The lowest BCUT2D eigenvalue weighted by Crippen LogP contribution is -2.28. The van der Waals surface area contributed by atoms with E-state index in [0.717, 1.165) is 16.7 Å². The number of rotatable bonds is 8. The van der Waals surface area contributed by atoms with Crippen LogP contribution in [-0.2, 0) is 22.7 Å². The molecule has 0 unspecified atom stereocenters. The summed E-state index contributed by atoms with van der Waals surface area (Å²) in [5.41, 5.74) is 3.31. The van der Waals surface area contributed by atoms with Crippen LogP contribution in [0.1, 0.15) is 23.6 Å². The Bertz CT molecular complexity index is 623. The molecule has 4 heteroatoms. The van der Waals surface area contributed by atoms with Crippen molar-refractivity contribution < 1.29 is 14.3 Å². The van der Waals surface area contributed by atoms with Gasteiger partial charge >= 0.3 is 0 Å². The third kappa shape index (κ3) is 5.75. The maximum Gasteiger partial charge on any atom is 0.258 e. The summed E-state index contributed by atoms with van der Waals surface area (Å²) in [6.45, 7) is 5.69. The van der Waals surface area contributed by atoms with E-state index in [2.05, 4.69) is 5.32 Å².